The molecule has 0 fully saturated rings. The van der Waals surface area contributed by atoms with Crippen LogP contribution in [0.15, 0.2) is 21.2 Å². The summed E-state index contributed by atoms with van der Waals surface area (Å²) in [5.41, 5.74) is 2.15. The van der Waals surface area contributed by atoms with E-state index < -0.39 is 0 Å². The Labute approximate surface area is 106 Å². The van der Waals surface area contributed by atoms with Crippen LogP contribution in [0.2, 0.25) is 5.15 Å². The predicted octanol–water partition coefficient (Wildman–Crippen LogP) is 3.64. The van der Waals surface area contributed by atoms with E-state index in [1.165, 1.54) is 0 Å². The maximum atomic E-state index is 6.13. The minimum atomic E-state index is 0.560. The molecule has 3 nitrogen and oxygen atoms in total. The number of hydrogen-bond donors (Lipinski definition) is 0. The molecule has 0 spiro atoms. The van der Waals surface area contributed by atoms with Gasteiger partial charge in [0.1, 0.15) is 5.15 Å². The molecular formula is C11H8BrClN2O. The number of furan rings is 1. The molecule has 0 saturated carbocycles. The first-order chi connectivity index (χ1) is 7.74. The van der Waals surface area contributed by atoms with Gasteiger partial charge in [0.25, 0.3) is 0 Å². The first-order valence-electron chi connectivity index (χ1n) is 5.05. The van der Waals surface area contributed by atoms with E-state index in [2.05, 4.69) is 25.9 Å². The van der Waals surface area contributed by atoms with Crippen molar-refractivity contribution in [2.45, 2.75) is 19.3 Å². The maximum absolute atomic E-state index is 6.13. The van der Waals surface area contributed by atoms with Crippen LogP contribution in [-0.4, -0.2) is 9.97 Å². The van der Waals surface area contributed by atoms with Crippen LogP contribution in [0.1, 0.15) is 17.7 Å². The second-order valence-corrected chi connectivity index (χ2v) is 4.86. The van der Waals surface area contributed by atoms with Gasteiger partial charge in [0.15, 0.2) is 16.3 Å². The lowest BCUT2D eigenvalue weighted by Gasteiger charge is -2.03. The van der Waals surface area contributed by atoms with E-state index in [4.69, 9.17) is 16.0 Å². The van der Waals surface area contributed by atoms with Crippen molar-refractivity contribution in [2.24, 2.45) is 0 Å². The minimum absolute atomic E-state index is 0.560. The maximum Gasteiger partial charge on any atom is 0.197 e. The summed E-state index contributed by atoms with van der Waals surface area (Å²) >= 11 is 9.38. The number of nitrogens with zero attached hydrogens (tertiary/aromatic N) is 2. The minimum Gasteiger partial charge on any atom is -0.446 e. The number of fused-ring (bicyclic) bond motifs is 1. The van der Waals surface area contributed by atoms with Gasteiger partial charge in [-0.1, -0.05) is 11.6 Å². The van der Waals surface area contributed by atoms with Gasteiger partial charge in [-0.15, -0.1) is 0 Å². The summed E-state index contributed by atoms with van der Waals surface area (Å²) < 4.78 is 6.09. The molecule has 1 aliphatic carbocycles. The number of halogens is 2. The third-order valence-electron chi connectivity index (χ3n) is 2.68. The second kappa shape index (κ2) is 3.86. The Morgan fingerprint density at radius 1 is 1.25 bits per heavy atom. The van der Waals surface area contributed by atoms with Gasteiger partial charge in [-0.2, -0.15) is 0 Å². The van der Waals surface area contributed by atoms with Crippen molar-refractivity contribution in [1.82, 2.24) is 9.97 Å². The van der Waals surface area contributed by atoms with E-state index in [1.54, 1.807) is 0 Å². The van der Waals surface area contributed by atoms with Crippen LogP contribution >= 0.6 is 27.5 Å². The second-order valence-electron chi connectivity index (χ2n) is 3.72. The monoisotopic (exact) mass is 298 g/mol. The van der Waals surface area contributed by atoms with Gasteiger partial charge >= 0.3 is 0 Å². The molecule has 2 aromatic rings. The zero-order valence-electron chi connectivity index (χ0n) is 8.33. The normalized spacial score (nSPS) is 14.1. The summed E-state index contributed by atoms with van der Waals surface area (Å²) in [6.45, 7) is 0. The molecule has 3 rings (SSSR count). The third-order valence-corrected chi connectivity index (χ3v) is 3.42. The molecule has 0 atom stereocenters. The molecule has 0 aromatic carbocycles. The summed E-state index contributed by atoms with van der Waals surface area (Å²) in [7, 11) is 0. The molecular weight excluding hydrogens is 291 g/mol. The first-order valence-corrected chi connectivity index (χ1v) is 6.22. The molecule has 2 aromatic heterocycles. The van der Waals surface area contributed by atoms with Crippen LogP contribution in [-0.2, 0) is 12.8 Å². The highest BCUT2D eigenvalue weighted by Crippen LogP contribution is 2.30. The zero-order chi connectivity index (χ0) is 11.1. The van der Waals surface area contributed by atoms with Crippen molar-refractivity contribution in [3.05, 3.63) is 33.2 Å². The summed E-state index contributed by atoms with van der Waals surface area (Å²) in [4.78, 5) is 8.76. The molecule has 0 saturated heterocycles. The highest BCUT2D eigenvalue weighted by molar-refractivity contribution is 9.10. The molecule has 82 valence electrons. The fourth-order valence-corrected chi connectivity index (χ4v) is 2.52. The van der Waals surface area contributed by atoms with Gasteiger partial charge in [-0.05, 0) is 47.3 Å². The van der Waals surface area contributed by atoms with Gasteiger partial charge in [-0.3, -0.25) is 0 Å². The molecule has 1 aliphatic rings. The third kappa shape index (κ3) is 1.66. The lowest BCUT2D eigenvalue weighted by atomic mass is 10.2. The van der Waals surface area contributed by atoms with Crippen molar-refractivity contribution in [1.29, 1.82) is 0 Å². The lowest BCUT2D eigenvalue weighted by molar-refractivity contribution is 0.551. The zero-order valence-corrected chi connectivity index (χ0v) is 10.7. The van der Waals surface area contributed by atoms with Gasteiger partial charge < -0.3 is 4.42 Å². The molecule has 0 amide bonds. The SMILES string of the molecule is Clc1nc(-c2ccc(Br)o2)nc2c1CCC2. The molecule has 0 unspecified atom stereocenters. The molecule has 0 radical (unpaired) electrons. The number of aryl methyl sites for hydroxylation is 1. The average molecular weight is 300 g/mol. The van der Waals surface area contributed by atoms with E-state index in [1.807, 2.05) is 12.1 Å². The summed E-state index contributed by atoms with van der Waals surface area (Å²) in [5.74, 6) is 1.21. The Balaban J connectivity index is 2.12. The van der Waals surface area contributed by atoms with Crippen LogP contribution in [0, 0.1) is 0 Å². The van der Waals surface area contributed by atoms with Crippen molar-refractivity contribution in [3.63, 3.8) is 0 Å². The van der Waals surface area contributed by atoms with Crippen LogP contribution in [0.3, 0.4) is 0 Å². The van der Waals surface area contributed by atoms with Gasteiger partial charge in [0, 0.05) is 11.3 Å². The Morgan fingerprint density at radius 3 is 2.88 bits per heavy atom. The van der Waals surface area contributed by atoms with Crippen molar-refractivity contribution >= 4 is 27.5 Å². The van der Waals surface area contributed by atoms with Crippen molar-refractivity contribution in [3.8, 4) is 11.6 Å². The first kappa shape index (κ1) is 10.3. The molecule has 5 heteroatoms. The summed E-state index contributed by atoms with van der Waals surface area (Å²) in [6.07, 6.45) is 3.07. The van der Waals surface area contributed by atoms with E-state index >= 15 is 0 Å². The Hall–Kier alpha value is -0.870. The van der Waals surface area contributed by atoms with E-state index in [9.17, 15) is 0 Å². The van der Waals surface area contributed by atoms with Crippen molar-refractivity contribution < 1.29 is 4.42 Å². The van der Waals surface area contributed by atoms with E-state index in [0.29, 0.717) is 21.4 Å². The standard InChI is InChI=1S/C11H8BrClN2O/c12-9-5-4-8(16-9)11-14-7-3-1-2-6(7)10(13)15-11/h4-5H,1-3H2. The highest BCUT2D eigenvalue weighted by atomic mass is 79.9. The van der Waals surface area contributed by atoms with Crippen LogP contribution in [0.4, 0.5) is 0 Å². The Kier molecular flexibility index (Phi) is 2.48. The topological polar surface area (TPSA) is 38.9 Å². The number of aromatic nitrogens is 2. The largest absolute Gasteiger partial charge is 0.446 e. The molecule has 0 bridgehead atoms. The smallest absolute Gasteiger partial charge is 0.197 e. The number of hydrogen-bond acceptors (Lipinski definition) is 3. The van der Waals surface area contributed by atoms with Crippen molar-refractivity contribution in [2.75, 3.05) is 0 Å². The van der Waals surface area contributed by atoms with Gasteiger partial charge in [0.05, 0.1) is 0 Å². The Morgan fingerprint density at radius 2 is 2.12 bits per heavy atom. The van der Waals surface area contributed by atoms with Gasteiger partial charge in [-0.25, -0.2) is 9.97 Å². The molecule has 0 aliphatic heterocycles. The molecule has 16 heavy (non-hydrogen) atoms. The van der Waals surface area contributed by atoms with Crippen LogP contribution in [0.5, 0.6) is 0 Å². The van der Waals surface area contributed by atoms with Crippen LogP contribution < -0.4 is 0 Å². The van der Waals surface area contributed by atoms with Gasteiger partial charge in [0.2, 0.25) is 0 Å². The predicted molar refractivity (Wildman–Crippen MR) is 64.5 cm³/mol. The molecule has 2 heterocycles. The van der Waals surface area contributed by atoms with E-state index in [0.717, 1.165) is 30.5 Å². The fraction of sp³-hybridized carbons (Fsp3) is 0.273. The summed E-state index contributed by atoms with van der Waals surface area (Å²) in [5, 5.41) is 0.560. The van der Waals surface area contributed by atoms with Crippen LogP contribution in [0.25, 0.3) is 11.6 Å². The summed E-state index contributed by atoms with van der Waals surface area (Å²) in [6, 6.07) is 3.65. The number of rotatable bonds is 1. The quantitative estimate of drug-likeness (QED) is 0.755. The highest BCUT2D eigenvalue weighted by Gasteiger charge is 2.19. The Bertz CT molecular complexity index is 553. The fourth-order valence-electron chi connectivity index (χ4n) is 1.93. The average Bonchev–Trinajstić information content (AvgIpc) is 2.85. The van der Waals surface area contributed by atoms with E-state index in [-0.39, 0.29) is 0 Å². The molecule has 0 N–H and O–H groups in total. The lowest BCUT2D eigenvalue weighted by Crippen LogP contribution is -1.96.